The van der Waals surface area contributed by atoms with E-state index in [1.807, 2.05) is 0 Å². The fourth-order valence-corrected chi connectivity index (χ4v) is 1.55. The second-order valence-corrected chi connectivity index (χ2v) is 3.64. The Morgan fingerprint density at radius 1 is 1.24 bits per heavy atom. The van der Waals surface area contributed by atoms with E-state index in [4.69, 9.17) is 15.3 Å². The van der Waals surface area contributed by atoms with Crippen molar-refractivity contribution in [2.45, 2.75) is 6.04 Å². The summed E-state index contributed by atoms with van der Waals surface area (Å²) in [6.07, 6.45) is 0. The highest BCUT2D eigenvalue weighted by molar-refractivity contribution is 5.77. The van der Waals surface area contributed by atoms with Gasteiger partial charge in [0.15, 0.2) is 0 Å². The maximum Gasteiger partial charge on any atom is 0.325 e. The van der Waals surface area contributed by atoms with Crippen LogP contribution < -0.4 is 0 Å². The van der Waals surface area contributed by atoms with Crippen LogP contribution in [0.4, 0.5) is 0 Å². The third-order valence-corrected chi connectivity index (χ3v) is 2.27. The summed E-state index contributed by atoms with van der Waals surface area (Å²) >= 11 is 0. The monoisotopic (exact) mass is 239 g/mol. The Bertz CT molecular complexity index is 414. The lowest BCUT2D eigenvalue weighted by Crippen LogP contribution is -2.34. The number of aliphatic carboxylic acids is 2. The first-order valence-corrected chi connectivity index (χ1v) is 4.85. The van der Waals surface area contributed by atoms with Gasteiger partial charge in [0.25, 0.3) is 0 Å². The number of hydrogen-bond donors (Lipinski definition) is 3. The molecule has 0 aliphatic carbocycles. The van der Waals surface area contributed by atoms with E-state index in [0.717, 1.165) is 0 Å². The minimum atomic E-state index is -1.14. The zero-order chi connectivity index (χ0) is 13.0. The summed E-state index contributed by atoms with van der Waals surface area (Å²) in [4.78, 5) is 22.9. The van der Waals surface area contributed by atoms with Crippen molar-refractivity contribution >= 4 is 11.9 Å². The van der Waals surface area contributed by atoms with Crippen LogP contribution in [-0.4, -0.2) is 45.8 Å². The number of rotatable bonds is 5. The lowest BCUT2D eigenvalue weighted by molar-refractivity contribution is -0.145. The highest BCUT2D eigenvalue weighted by Gasteiger charge is 2.25. The van der Waals surface area contributed by atoms with Crippen LogP contribution in [0.3, 0.4) is 0 Å². The van der Waals surface area contributed by atoms with Crippen LogP contribution in [0, 0.1) is 0 Å². The van der Waals surface area contributed by atoms with E-state index >= 15 is 0 Å². The van der Waals surface area contributed by atoms with Crippen molar-refractivity contribution in [3.05, 3.63) is 29.8 Å². The highest BCUT2D eigenvalue weighted by Crippen LogP contribution is 2.21. The minimum absolute atomic E-state index is 0.0266. The molecule has 1 rings (SSSR count). The van der Waals surface area contributed by atoms with Gasteiger partial charge in [0.1, 0.15) is 11.8 Å². The zero-order valence-corrected chi connectivity index (χ0v) is 9.20. The second-order valence-electron chi connectivity index (χ2n) is 3.64. The van der Waals surface area contributed by atoms with Gasteiger partial charge in [0.2, 0.25) is 0 Å². The molecular weight excluding hydrogens is 226 g/mol. The molecule has 1 aromatic carbocycles. The maximum absolute atomic E-state index is 11.1. The first-order valence-electron chi connectivity index (χ1n) is 4.85. The Labute approximate surface area is 97.7 Å². The summed E-state index contributed by atoms with van der Waals surface area (Å²) < 4.78 is 0. The summed E-state index contributed by atoms with van der Waals surface area (Å²) in [7, 11) is 1.42. The highest BCUT2D eigenvalue weighted by atomic mass is 16.4. The lowest BCUT2D eigenvalue weighted by Gasteiger charge is -2.23. The first-order chi connectivity index (χ1) is 7.91. The minimum Gasteiger partial charge on any atom is -0.508 e. The van der Waals surface area contributed by atoms with Crippen LogP contribution in [0.1, 0.15) is 11.6 Å². The van der Waals surface area contributed by atoms with Gasteiger partial charge in [0, 0.05) is 0 Å². The maximum atomic E-state index is 11.1. The van der Waals surface area contributed by atoms with Gasteiger partial charge in [-0.25, -0.2) is 0 Å². The van der Waals surface area contributed by atoms with E-state index in [1.54, 1.807) is 0 Å². The molecule has 0 fully saturated rings. The number of phenolic OH excluding ortho intramolecular Hbond substituents is 1. The van der Waals surface area contributed by atoms with Crippen LogP contribution in [0.15, 0.2) is 24.3 Å². The topological polar surface area (TPSA) is 98.1 Å². The number of carboxylic acids is 2. The normalized spacial score (nSPS) is 12.4. The Hall–Kier alpha value is -2.08. The molecule has 0 radical (unpaired) electrons. The Kier molecular flexibility index (Phi) is 4.06. The van der Waals surface area contributed by atoms with Gasteiger partial charge in [-0.1, -0.05) is 12.1 Å². The number of nitrogens with zero attached hydrogens (tertiary/aromatic N) is 1. The third kappa shape index (κ3) is 3.46. The SMILES string of the molecule is CN(CC(=O)O)C(C(=O)O)c1ccc(O)cc1. The smallest absolute Gasteiger partial charge is 0.325 e. The summed E-state index contributed by atoms with van der Waals surface area (Å²) in [5, 5.41) is 26.8. The molecule has 1 unspecified atom stereocenters. The molecule has 6 heteroatoms. The third-order valence-electron chi connectivity index (χ3n) is 2.27. The van der Waals surface area contributed by atoms with E-state index in [2.05, 4.69) is 0 Å². The Balaban J connectivity index is 2.96. The van der Waals surface area contributed by atoms with Crippen molar-refractivity contribution in [2.75, 3.05) is 13.6 Å². The second kappa shape index (κ2) is 5.31. The zero-order valence-electron chi connectivity index (χ0n) is 9.20. The van der Waals surface area contributed by atoms with E-state index in [1.165, 1.54) is 36.2 Å². The van der Waals surface area contributed by atoms with Crippen molar-refractivity contribution in [1.29, 1.82) is 0 Å². The molecule has 0 amide bonds. The van der Waals surface area contributed by atoms with E-state index < -0.39 is 18.0 Å². The summed E-state index contributed by atoms with van der Waals surface area (Å²) in [5.74, 6) is -2.21. The molecule has 92 valence electrons. The number of hydrogen-bond acceptors (Lipinski definition) is 4. The number of carboxylic acid groups (broad SMARTS) is 2. The fraction of sp³-hybridized carbons (Fsp3) is 0.273. The van der Waals surface area contributed by atoms with Gasteiger partial charge in [-0.15, -0.1) is 0 Å². The molecule has 17 heavy (non-hydrogen) atoms. The average Bonchev–Trinajstić information content (AvgIpc) is 2.19. The number of benzene rings is 1. The summed E-state index contributed by atoms with van der Waals surface area (Å²) in [6.45, 7) is -0.377. The predicted octanol–water partition coefficient (Wildman–Crippen LogP) is 0.534. The van der Waals surface area contributed by atoms with Crippen LogP contribution >= 0.6 is 0 Å². The first kappa shape index (κ1) is 13.0. The number of aromatic hydroxyl groups is 1. The quantitative estimate of drug-likeness (QED) is 0.693. The molecule has 1 aromatic rings. The van der Waals surface area contributed by atoms with Gasteiger partial charge in [-0.2, -0.15) is 0 Å². The molecule has 0 saturated heterocycles. The van der Waals surface area contributed by atoms with Crippen molar-refractivity contribution in [1.82, 2.24) is 4.90 Å². The summed E-state index contributed by atoms with van der Waals surface area (Å²) in [5.41, 5.74) is 0.416. The molecule has 0 aliphatic heterocycles. The molecule has 0 aliphatic rings. The number of likely N-dealkylation sites (N-methyl/N-ethyl adjacent to an activating group) is 1. The molecule has 0 heterocycles. The van der Waals surface area contributed by atoms with Gasteiger partial charge in [-0.05, 0) is 24.7 Å². The standard InChI is InChI=1S/C11H13NO5/c1-12(6-9(14)15)10(11(16)17)7-2-4-8(13)5-3-7/h2-5,10,13H,6H2,1H3,(H,14,15)(H,16,17). The van der Waals surface area contributed by atoms with Crippen molar-refractivity contribution in [3.63, 3.8) is 0 Å². The Morgan fingerprint density at radius 3 is 2.18 bits per heavy atom. The van der Waals surface area contributed by atoms with E-state index in [-0.39, 0.29) is 12.3 Å². The van der Waals surface area contributed by atoms with Crippen molar-refractivity contribution in [3.8, 4) is 5.75 Å². The number of carbonyl (C=O) groups is 2. The lowest BCUT2D eigenvalue weighted by atomic mass is 10.1. The number of phenols is 1. The van der Waals surface area contributed by atoms with Crippen LogP contribution in [0.25, 0.3) is 0 Å². The largest absolute Gasteiger partial charge is 0.508 e. The molecule has 6 nitrogen and oxygen atoms in total. The van der Waals surface area contributed by atoms with Gasteiger partial charge in [0.05, 0.1) is 6.54 Å². The molecular formula is C11H13NO5. The molecule has 0 spiro atoms. The summed E-state index contributed by atoms with van der Waals surface area (Å²) in [6, 6.07) is 4.57. The molecule has 0 saturated carbocycles. The molecule has 0 bridgehead atoms. The van der Waals surface area contributed by atoms with Crippen LogP contribution in [-0.2, 0) is 9.59 Å². The van der Waals surface area contributed by atoms with E-state index in [9.17, 15) is 9.59 Å². The van der Waals surface area contributed by atoms with Crippen LogP contribution in [0.5, 0.6) is 5.75 Å². The van der Waals surface area contributed by atoms with Crippen LogP contribution in [0.2, 0.25) is 0 Å². The van der Waals surface area contributed by atoms with E-state index in [0.29, 0.717) is 5.56 Å². The Morgan fingerprint density at radius 2 is 1.76 bits per heavy atom. The predicted molar refractivity (Wildman–Crippen MR) is 58.7 cm³/mol. The fourth-order valence-electron chi connectivity index (χ4n) is 1.55. The van der Waals surface area contributed by atoms with Crippen molar-refractivity contribution < 1.29 is 24.9 Å². The van der Waals surface area contributed by atoms with Crippen molar-refractivity contribution in [2.24, 2.45) is 0 Å². The molecule has 1 atom stereocenters. The van der Waals surface area contributed by atoms with Gasteiger partial charge < -0.3 is 15.3 Å². The van der Waals surface area contributed by atoms with Gasteiger partial charge in [-0.3, -0.25) is 14.5 Å². The molecule has 0 aromatic heterocycles. The van der Waals surface area contributed by atoms with Gasteiger partial charge >= 0.3 is 11.9 Å². The average molecular weight is 239 g/mol. The molecule has 3 N–H and O–H groups in total.